The van der Waals surface area contributed by atoms with Gasteiger partial charge >= 0.3 is 0 Å². The van der Waals surface area contributed by atoms with Crippen LogP contribution in [0.25, 0.3) is 10.2 Å². The smallest absolute Gasteiger partial charge is 0.0907 e. The Balaban J connectivity index is 2.04. The summed E-state index contributed by atoms with van der Waals surface area (Å²) < 4.78 is 1.32. The molecule has 1 saturated heterocycles. The number of rotatable bonds is 1. The van der Waals surface area contributed by atoms with Crippen LogP contribution in [0.1, 0.15) is 17.8 Å². The van der Waals surface area contributed by atoms with E-state index in [4.69, 9.17) is 0 Å². The van der Waals surface area contributed by atoms with Gasteiger partial charge in [0.25, 0.3) is 0 Å². The van der Waals surface area contributed by atoms with Crippen molar-refractivity contribution in [3.63, 3.8) is 0 Å². The highest BCUT2D eigenvalue weighted by Crippen LogP contribution is 2.28. The number of anilines is 1. The van der Waals surface area contributed by atoms with Crippen molar-refractivity contribution in [2.75, 3.05) is 18.0 Å². The van der Waals surface area contributed by atoms with E-state index in [0.29, 0.717) is 0 Å². The molecule has 0 radical (unpaired) electrons. The van der Waals surface area contributed by atoms with Crippen molar-refractivity contribution in [3.8, 4) is 0 Å². The highest BCUT2D eigenvalue weighted by Gasteiger charge is 2.12. The van der Waals surface area contributed by atoms with E-state index < -0.39 is 0 Å². The Hall–Kier alpha value is -1.09. The van der Waals surface area contributed by atoms with Gasteiger partial charge in [0.2, 0.25) is 0 Å². The molecular weight excluding hydrogens is 204 g/mol. The van der Waals surface area contributed by atoms with Crippen molar-refractivity contribution < 1.29 is 0 Å². The molecule has 0 atom stereocenters. The lowest BCUT2D eigenvalue weighted by molar-refractivity contribution is 0.949. The standard InChI is InChI=1S/C12H14N2S/c1-9-13-11-5-4-10(8-12(11)15-9)14-6-2-3-7-14/h4-5,8H,2-3,6-7H2,1H3. The van der Waals surface area contributed by atoms with Gasteiger partial charge in [0.15, 0.2) is 0 Å². The minimum absolute atomic E-state index is 1.14. The van der Waals surface area contributed by atoms with E-state index >= 15 is 0 Å². The molecule has 1 aliphatic rings. The fraction of sp³-hybridized carbons (Fsp3) is 0.417. The number of aryl methyl sites for hydroxylation is 1. The molecule has 0 amide bonds. The molecule has 3 heteroatoms. The normalized spacial score (nSPS) is 16.5. The van der Waals surface area contributed by atoms with Crippen molar-refractivity contribution in [3.05, 3.63) is 23.2 Å². The summed E-state index contributed by atoms with van der Waals surface area (Å²) in [5.74, 6) is 0. The lowest BCUT2D eigenvalue weighted by Gasteiger charge is -2.16. The molecule has 0 N–H and O–H groups in total. The first-order valence-electron chi connectivity index (χ1n) is 5.45. The Kier molecular flexibility index (Phi) is 2.13. The highest BCUT2D eigenvalue weighted by molar-refractivity contribution is 7.18. The molecule has 2 nitrogen and oxygen atoms in total. The van der Waals surface area contributed by atoms with Gasteiger partial charge in [-0.2, -0.15) is 0 Å². The molecule has 0 aliphatic carbocycles. The molecule has 2 heterocycles. The maximum atomic E-state index is 4.48. The van der Waals surface area contributed by atoms with Crippen LogP contribution >= 0.6 is 11.3 Å². The van der Waals surface area contributed by atoms with Gasteiger partial charge in [0, 0.05) is 18.8 Å². The van der Waals surface area contributed by atoms with Crippen LogP contribution < -0.4 is 4.90 Å². The minimum atomic E-state index is 1.14. The van der Waals surface area contributed by atoms with Crippen molar-refractivity contribution >= 4 is 27.2 Å². The topological polar surface area (TPSA) is 16.1 Å². The number of fused-ring (bicyclic) bond motifs is 1. The largest absolute Gasteiger partial charge is 0.371 e. The lowest BCUT2D eigenvalue weighted by atomic mass is 10.3. The fourth-order valence-electron chi connectivity index (χ4n) is 2.20. The first-order valence-corrected chi connectivity index (χ1v) is 6.27. The fourth-order valence-corrected chi connectivity index (χ4v) is 3.06. The summed E-state index contributed by atoms with van der Waals surface area (Å²) in [6.07, 6.45) is 2.67. The maximum absolute atomic E-state index is 4.48. The van der Waals surface area contributed by atoms with E-state index in [0.717, 1.165) is 10.5 Å². The SMILES string of the molecule is Cc1nc2ccc(N3CCCC3)cc2s1. The predicted octanol–water partition coefficient (Wildman–Crippen LogP) is 3.20. The van der Waals surface area contributed by atoms with Gasteiger partial charge in [-0.15, -0.1) is 11.3 Å². The molecule has 1 aromatic carbocycles. The summed E-state index contributed by atoms with van der Waals surface area (Å²) in [5.41, 5.74) is 2.50. The average Bonchev–Trinajstić information content (AvgIpc) is 2.82. The molecular formula is C12H14N2S. The molecule has 1 aliphatic heterocycles. The first kappa shape index (κ1) is 9.16. The van der Waals surface area contributed by atoms with E-state index in [2.05, 4.69) is 35.0 Å². The Morgan fingerprint density at radius 2 is 2.07 bits per heavy atom. The average molecular weight is 218 g/mol. The monoisotopic (exact) mass is 218 g/mol. The number of aromatic nitrogens is 1. The number of nitrogens with zero attached hydrogens (tertiary/aromatic N) is 2. The molecule has 1 fully saturated rings. The predicted molar refractivity (Wildman–Crippen MR) is 65.8 cm³/mol. The Bertz CT molecular complexity index is 483. The van der Waals surface area contributed by atoms with Crippen LogP contribution in [0.3, 0.4) is 0 Å². The Labute approximate surface area is 93.6 Å². The first-order chi connectivity index (χ1) is 7.33. The van der Waals surface area contributed by atoms with Crippen LogP contribution in [0.15, 0.2) is 18.2 Å². The third-order valence-corrected chi connectivity index (χ3v) is 3.88. The van der Waals surface area contributed by atoms with E-state index in [9.17, 15) is 0 Å². The van der Waals surface area contributed by atoms with Gasteiger partial charge in [0.05, 0.1) is 15.2 Å². The van der Waals surface area contributed by atoms with Crippen molar-refractivity contribution in [2.45, 2.75) is 19.8 Å². The summed E-state index contributed by atoms with van der Waals surface area (Å²) >= 11 is 1.79. The molecule has 78 valence electrons. The molecule has 15 heavy (non-hydrogen) atoms. The Morgan fingerprint density at radius 3 is 2.87 bits per heavy atom. The van der Waals surface area contributed by atoms with Crippen LogP contribution in [-0.4, -0.2) is 18.1 Å². The van der Waals surface area contributed by atoms with E-state index in [1.807, 2.05) is 0 Å². The minimum Gasteiger partial charge on any atom is -0.371 e. The maximum Gasteiger partial charge on any atom is 0.0907 e. The number of thiazole rings is 1. The van der Waals surface area contributed by atoms with Gasteiger partial charge in [-0.3, -0.25) is 0 Å². The van der Waals surface area contributed by atoms with Gasteiger partial charge in [-0.1, -0.05) is 0 Å². The van der Waals surface area contributed by atoms with Gasteiger partial charge in [0.1, 0.15) is 0 Å². The van der Waals surface area contributed by atoms with Crippen LogP contribution in [0, 0.1) is 6.92 Å². The molecule has 0 unspecified atom stereocenters. The molecule has 2 aromatic rings. The second kappa shape index (κ2) is 3.49. The molecule has 1 aromatic heterocycles. The quantitative estimate of drug-likeness (QED) is 0.730. The van der Waals surface area contributed by atoms with Crippen LogP contribution in [0.4, 0.5) is 5.69 Å². The number of benzene rings is 1. The second-order valence-corrected chi connectivity index (χ2v) is 5.31. The third-order valence-electron chi connectivity index (χ3n) is 2.95. The van der Waals surface area contributed by atoms with Crippen LogP contribution in [0.2, 0.25) is 0 Å². The summed E-state index contributed by atoms with van der Waals surface area (Å²) in [6, 6.07) is 6.63. The van der Waals surface area contributed by atoms with E-state index in [1.54, 1.807) is 11.3 Å². The van der Waals surface area contributed by atoms with Crippen molar-refractivity contribution in [2.24, 2.45) is 0 Å². The van der Waals surface area contributed by atoms with E-state index in [-0.39, 0.29) is 0 Å². The summed E-state index contributed by atoms with van der Waals surface area (Å²) in [7, 11) is 0. The highest BCUT2D eigenvalue weighted by atomic mass is 32.1. The summed E-state index contributed by atoms with van der Waals surface area (Å²) in [4.78, 5) is 6.95. The van der Waals surface area contributed by atoms with Crippen molar-refractivity contribution in [1.29, 1.82) is 0 Å². The van der Waals surface area contributed by atoms with Crippen LogP contribution in [-0.2, 0) is 0 Å². The van der Waals surface area contributed by atoms with Gasteiger partial charge in [-0.25, -0.2) is 4.98 Å². The zero-order valence-electron chi connectivity index (χ0n) is 8.86. The third kappa shape index (κ3) is 1.61. The van der Waals surface area contributed by atoms with Gasteiger partial charge in [-0.05, 0) is 38.0 Å². The lowest BCUT2D eigenvalue weighted by Crippen LogP contribution is -2.17. The Morgan fingerprint density at radius 1 is 1.27 bits per heavy atom. The number of hydrogen-bond acceptors (Lipinski definition) is 3. The summed E-state index contributed by atoms with van der Waals surface area (Å²) in [6.45, 7) is 4.49. The molecule has 0 bridgehead atoms. The van der Waals surface area contributed by atoms with Gasteiger partial charge < -0.3 is 4.90 Å². The second-order valence-electron chi connectivity index (χ2n) is 4.08. The summed E-state index contributed by atoms with van der Waals surface area (Å²) in [5, 5.41) is 1.16. The van der Waals surface area contributed by atoms with Crippen molar-refractivity contribution in [1.82, 2.24) is 4.98 Å². The zero-order chi connectivity index (χ0) is 10.3. The zero-order valence-corrected chi connectivity index (χ0v) is 9.68. The molecule has 3 rings (SSSR count). The number of hydrogen-bond donors (Lipinski definition) is 0. The van der Waals surface area contributed by atoms with E-state index in [1.165, 1.54) is 36.3 Å². The molecule has 0 saturated carbocycles. The molecule has 0 spiro atoms. The van der Waals surface area contributed by atoms with Crippen LogP contribution in [0.5, 0.6) is 0 Å².